The molecule has 0 radical (unpaired) electrons. The maximum absolute atomic E-state index is 15.5. The van der Waals surface area contributed by atoms with Crippen LogP contribution in [0.5, 0.6) is 0 Å². The quantitative estimate of drug-likeness (QED) is 0.313. The van der Waals surface area contributed by atoms with Crippen molar-refractivity contribution in [2.75, 3.05) is 11.9 Å². The van der Waals surface area contributed by atoms with Crippen molar-refractivity contribution in [1.29, 1.82) is 0 Å². The van der Waals surface area contributed by atoms with Crippen molar-refractivity contribution < 1.29 is 9.36 Å². The molecule has 1 aromatic heterocycles. The lowest BCUT2D eigenvalue weighted by Crippen LogP contribution is -2.50. The first kappa shape index (κ1) is 22.2. The molecule has 0 aliphatic carbocycles. The lowest BCUT2D eigenvalue weighted by atomic mass is 9.82. The highest BCUT2D eigenvalue weighted by Gasteiger charge is 2.65. The average Bonchev–Trinajstić information content (AvgIpc) is 3.59. The first-order chi connectivity index (χ1) is 17.0. The Hall–Kier alpha value is -3.25. The smallest absolute Gasteiger partial charge is 0.259 e. The van der Waals surface area contributed by atoms with Crippen molar-refractivity contribution in [3.63, 3.8) is 0 Å². The van der Waals surface area contributed by atoms with Crippen molar-refractivity contribution in [3.8, 4) is 0 Å². The molecule has 2 aliphatic rings. The summed E-state index contributed by atoms with van der Waals surface area (Å²) in [6, 6.07) is 28.0. The predicted octanol–water partition coefficient (Wildman–Crippen LogP) is 4.78. The minimum atomic E-state index is -3.50. The zero-order valence-electron chi connectivity index (χ0n) is 18.9. The van der Waals surface area contributed by atoms with Gasteiger partial charge in [0.25, 0.3) is 5.91 Å². The number of hydrogen-bond acceptors (Lipinski definition) is 4. The van der Waals surface area contributed by atoms with Gasteiger partial charge in [-0.2, -0.15) is 11.3 Å². The number of para-hydroxylation sites is 1. The van der Waals surface area contributed by atoms with Gasteiger partial charge in [0.1, 0.15) is 6.04 Å². The largest absolute Gasteiger partial charge is 0.342 e. The van der Waals surface area contributed by atoms with Gasteiger partial charge < -0.3 is 10.2 Å². The molecule has 3 heterocycles. The molecule has 0 bridgehead atoms. The number of rotatable bonds is 4. The number of nitrogens with one attached hydrogen (secondary N) is 1. The minimum Gasteiger partial charge on any atom is -0.342 e. The van der Waals surface area contributed by atoms with Crippen molar-refractivity contribution >= 4 is 58.2 Å². The van der Waals surface area contributed by atoms with Crippen LogP contribution in [-0.2, 0) is 14.9 Å². The number of fused-ring (bicyclic) bond motifs is 2. The minimum absolute atomic E-state index is 0.118. The van der Waals surface area contributed by atoms with Gasteiger partial charge in [0, 0.05) is 28.9 Å². The van der Waals surface area contributed by atoms with Crippen LogP contribution >= 0.6 is 30.8 Å². The Morgan fingerprint density at radius 1 is 0.914 bits per heavy atom. The second-order valence-corrected chi connectivity index (χ2v) is 12.5. The monoisotopic (exact) mass is 515 g/mol. The molecule has 35 heavy (non-hydrogen) atoms. The lowest BCUT2D eigenvalue weighted by molar-refractivity contribution is -0.124. The number of benzene rings is 3. The third-order valence-corrected chi connectivity index (χ3v) is 11.0. The molecular weight excluding hydrogens is 493 g/mol. The van der Waals surface area contributed by atoms with E-state index in [9.17, 15) is 4.79 Å². The van der Waals surface area contributed by atoms with E-state index < -0.39 is 18.9 Å². The van der Waals surface area contributed by atoms with E-state index >= 15 is 4.57 Å². The number of thiophene rings is 1. The standard InChI is InChI=1S/C27H22N3O2PS2/c1-29-23-15-9-8-14-22(23)27(25(29)31)24(19-16-17-35-18-19)30(26(34)28-27)33(32,20-10-4-2-5-11-20)21-12-6-3-7-13-21/h2-18,24H,1H3,(H,28,34)/t24-,27+/m1/s1. The number of likely N-dealkylation sites (N-methyl/N-ethyl adjacent to an activating group) is 1. The molecule has 8 heteroatoms. The summed E-state index contributed by atoms with van der Waals surface area (Å²) in [7, 11) is -1.72. The van der Waals surface area contributed by atoms with Gasteiger partial charge in [-0.1, -0.05) is 54.6 Å². The van der Waals surface area contributed by atoms with Crippen molar-refractivity contribution in [2.45, 2.75) is 11.6 Å². The summed E-state index contributed by atoms with van der Waals surface area (Å²) >= 11 is 7.49. The molecule has 1 spiro atoms. The highest BCUT2D eigenvalue weighted by Crippen LogP contribution is 2.62. The number of carbonyl (C=O) groups excluding carboxylic acids is 1. The fourth-order valence-electron chi connectivity index (χ4n) is 5.34. The summed E-state index contributed by atoms with van der Waals surface area (Å²) in [6.07, 6.45) is 0. The Kier molecular flexibility index (Phi) is 5.18. The molecule has 1 amide bonds. The number of hydrogen-bond donors (Lipinski definition) is 1. The molecule has 2 aliphatic heterocycles. The van der Waals surface area contributed by atoms with E-state index in [0.717, 1.165) is 16.8 Å². The Morgan fingerprint density at radius 3 is 2.11 bits per heavy atom. The molecule has 3 aromatic carbocycles. The first-order valence-electron chi connectivity index (χ1n) is 11.2. The molecule has 0 saturated carbocycles. The van der Waals surface area contributed by atoms with E-state index in [1.165, 1.54) is 0 Å². The van der Waals surface area contributed by atoms with Gasteiger partial charge in [-0.05, 0) is 64.9 Å². The summed E-state index contributed by atoms with van der Waals surface area (Å²) in [5, 5.41) is 9.03. The number of anilines is 1. The van der Waals surface area contributed by atoms with Gasteiger partial charge >= 0.3 is 0 Å². The molecule has 1 N–H and O–H groups in total. The molecule has 4 aromatic rings. The van der Waals surface area contributed by atoms with Crippen molar-refractivity contribution in [1.82, 2.24) is 9.99 Å². The molecule has 2 atom stereocenters. The summed E-state index contributed by atoms with van der Waals surface area (Å²) in [4.78, 5) is 15.7. The van der Waals surface area contributed by atoms with E-state index in [0.29, 0.717) is 15.7 Å². The van der Waals surface area contributed by atoms with Crippen LogP contribution in [0.4, 0.5) is 5.69 Å². The third kappa shape index (κ3) is 3.02. The average molecular weight is 516 g/mol. The molecule has 1 saturated heterocycles. The van der Waals surface area contributed by atoms with E-state index in [-0.39, 0.29) is 5.91 Å². The molecule has 6 rings (SSSR count). The van der Waals surface area contributed by atoms with Crippen LogP contribution in [0.2, 0.25) is 0 Å². The zero-order valence-corrected chi connectivity index (χ0v) is 21.4. The number of amides is 1. The molecule has 1 fully saturated rings. The van der Waals surface area contributed by atoms with Crippen LogP contribution in [0.3, 0.4) is 0 Å². The summed E-state index contributed by atoms with van der Waals surface area (Å²) < 4.78 is 17.3. The molecule has 0 unspecified atom stereocenters. The summed E-state index contributed by atoms with van der Waals surface area (Å²) in [5.41, 5.74) is 1.36. The first-order valence-corrected chi connectivity index (χ1v) is 14.2. The Labute approximate surface area is 213 Å². The lowest BCUT2D eigenvalue weighted by Gasteiger charge is -2.37. The van der Waals surface area contributed by atoms with Gasteiger partial charge in [-0.15, -0.1) is 0 Å². The van der Waals surface area contributed by atoms with Crippen LogP contribution in [0, 0.1) is 0 Å². The van der Waals surface area contributed by atoms with Gasteiger partial charge in [0.15, 0.2) is 10.7 Å². The predicted molar refractivity (Wildman–Crippen MR) is 146 cm³/mol. The highest BCUT2D eigenvalue weighted by atomic mass is 32.1. The normalized spacial score (nSPS) is 21.5. The zero-order chi connectivity index (χ0) is 24.2. The van der Waals surface area contributed by atoms with E-state index in [1.54, 1.807) is 23.3 Å². The van der Waals surface area contributed by atoms with Crippen LogP contribution < -0.4 is 20.8 Å². The van der Waals surface area contributed by atoms with Crippen LogP contribution in [0.15, 0.2) is 102 Å². The van der Waals surface area contributed by atoms with Gasteiger partial charge in [0.05, 0.1) is 0 Å². The SMILES string of the molecule is CN1C(=O)[C@]2(NC(=S)N(P(=O)(c3ccccc3)c3ccccc3)[C@@H]2c2ccsc2)c2ccccc21. The topological polar surface area (TPSA) is 52.7 Å². The van der Waals surface area contributed by atoms with Crippen LogP contribution in [-0.4, -0.2) is 22.7 Å². The maximum atomic E-state index is 15.5. The van der Waals surface area contributed by atoms with Gasteiger partial charge in [-0.25, -0.2) is 0 Å². The number of nitrogens with zero attached hydrogens (tertiary/aromatic N) is 2. The summed E-state index contributed by atoms with van der Waals surface area (Å²) in [6.45, 7) is 0. The Balaban J connectivity index is 1.66. The Morgan fingerprint density at radius 2 is 1.51 bits per heavy atom. The van der Waals surface area contributed by atoms with Gasteiger partial charge in [-0.3, -0.25) is 14.0 Å². The van der Waals surface area contributed by atoms with Crippen molar-refractivity contribution in [2.24, 2.45) is 0 Å². The fourth-order valence-corrected chi connectivity index (χ4v) is 9.52. The van der Waals surface area contributed by atoms with Crippen molar-refractivity contribution in [3.05, 3.63) is 113 Å². The van der Waals surface area contributed by atoms with E-state index in [4.69, 9.17) is 12.2 Å². The second kappa shape index (κ2) is 8.16. The number of carbonyl (C=O) groups is 1. The van der Waals surface area contributed by atoms with E-state index in [1.807, 2.05) is 106 Å². The third-order valence-electron chi connectivity index (χ3n) is 6.87. The fraction of sp³-hybridized carbons (Fsp3) is 0.111. The molecule has 5 nitrogen and oxygen atoms in total. The van der Waals surface area contributed by atoms with Gasteiger partial charge in [0.2, 0.25) is 7.29 Å². The number of thiocarbonyl (C=S) groups is 1. The molecule has 174 valence electrons. The Bertz CT molecular complexity index is 1430. The second-order valence-electron chi connectivity index (χ2n) is 8.67. The van der Waals surface area contributed by atoms with Crippen LogP contribution in [0.1, 0.15) is 17.2 Å². The highest BCUT2D eigenvalue weighted by molar-refractivity contribution is 7.83. The molecular formula is C27H22N3O2PS2. The van der Waals surface area contributed by atoms with Crippen LogP contribution in [0.25, 0.3) is 0 Å². The maximum Gasteiger partial charge on any atom is 0.259 e. The van der Waals surface area contributed by atoms with E-state index in [2.05, 4.69) is 5.32 Å². The summed E-state index contributed by atoms with van der Waals surface area (Å²) in [5.74, 6) is -0.118.